The Labute approximate surface area is 45.9 Å². The largest absolute Gasteiger partial charge is 0.272 e. The summed E-state index contributed by atoms with van der Waals surface area (Å²) in [4.78, 5) is 16.0. The van der Waals surface area contributed by atoms with Gasteiger partial charge in [0.05, 0.1) is 0 Å². The average molecular weight is 118 g/mol. The second-order valence-corrected chi connectivity index (χ2v) is 0.931. The molecule has 0 aliphatic rings. The van der Waals surface area contributed by atoms with E-state index in [1.54, 1.807) is 0 Å². The lowest BCUT2D eigenvalue weighted by Crippen LogP contribution is -2.16. The lowest BCUT2D eigenvalue weighted by molar-refractivity contribution is -0.247. The van der Waals surface area contributed by atoms with Crippen molar-refractivity contribution in [1.82, 2.24) is 5.32 Å². The van der Waals surface area contributed by atoms with Gasteiger partial charge in [0.2, 0.25) is 6.08 Å². The van der Waals surface area contributed by atoms with Crippen LogP contribution >= 0.6 is 0 Å². The van der Waals surface area contributed by atoms with Crippen LogP contribution in [0, 0.1) is 0 Å². The lowest BCUT2D eigenvalue weighted by Gasteiger charge is -1.91. The van der Waals surface area contributed by atoms with Crippen LogP contribution in [0.1, 0.15) is 0 Å². The average Bonchev–Trinajstić information content (AvgIpc) is 1.81. The van der Waals surface area contributed by atoms with E-state index < -0.39 is 0 Å². The molecule has 46 valence electrons. The number of aliphatic imine (C=N–C) groups is 1. The second-order valence-electron chi connectivity index (χ2n) is 0.931. The van der Waals surface area contributed by atoms with Gasteiger partial charge in [-0.15, -0.1) is 0 Å². The molecule has 5 heteroatoms. The SMILES string of the molecule is O=C=NCNCOO. The Bertz CT molecular complexity index is 88.5. The lowest BCUT2D eigenvalue weighted by atomic mass is 11.0. The first kappa shape index (κ1) is 7.26. The Kier molecular flexibility index (Phi) is 5.68. The van der Waals surface area contributed by atoms with Crippen LogP contribution < -0.4 is 5.32 Å². The molecule has 0 radical (unpaired) electrons. The van der Waals surface area contributed by atoms with Gasteiger partial charge in [0.25, 0.3) is 0 Å². The van der Waals surface area contributed by atoms with Crippen molar-refractivity contribution >= 4 is 6.08 Å². The Morgan fingerprint density at radius 2 is 2.62 bits per heavy atom. The highest BCUT2D eigenvalue weighted by Gasteiger charge is 1.76. The third kappa shape index (κ3) is 5.26. The predicted octanol–water partition coefficient (Wildman–Crippen LogP) is -0.684. The second kappa shape index (κ2) is 6.26. The molecule has 0 aliphatic carbocycles. The molecule has 0 bridgehead atoms. The highest BCUT2D eigenvalue weighted by Crippen LogP contribution is 1.59. The van der Waals surface area contributed by atoms with E-state index in [0.717, 1.165) is 0 Å². The van der Waals surface area contributed by atoms with Gasteiger partial charge >= 0.3 is 0 Å². The van der Waals surface area contributed by atoms with Crippen LogP contribution in [0.25, 0.3) is 0 Å². The molecule has 0 aromatic heterocycles. The molecule has 0 heterocycles. The van der Waals surface area contributed by atoms with E-state index in [9.17, 15) is 4.79 Å². The summed E-state index contributed by atoms with van der Waals surface area (Å²) in [5.74, 6) is 0. The topological polar surface area (TPSA) is 70.9 Å². The first-order chi connectivity index (χ1) is 3.91. The number of nitrogens with one attached hydrogen (secondary N) is 1. The summed E-state index contributed by atoms with van der Waals surface area (Å²) < 4.78 is 0. The molecule has 0 unspecified atom stereocenters. The third-order valence-corrected chi connectivity index (χ3v) is 0.422. The van der Waals surface area contributed by atoms with Gasteiger partial charge in [-0.25, -0.2) is 9.68 Å². The maximum atomic E-state index is 9.33. The standard InChI is InChI=1S/C3H6N2O3/c6-2-4-1-5-3-8-7/h5,7H,1,3H2. The van der Waals surface area contributed by atoms with Crippen LogP contribution in [0.4, 0.5) is 0 Å². The molecule has 0 atom stereocenters. The summed E-state index contributed by atoms with van der Waals surface area (Å²) in [6, 6.07) is 0. The fourth-order valence-corrected chi connectivity index (χ4v) is 0.179. The zero-order chi connectivity index (χ0) is 6.24. The van der Waals surface area contributed by atoms with Crippen molar-refractivity contribution in [2.45, 2.75) is 0 Å². The van der Waals surface area contributed by atoms with E-state index in [0.29, 0.717) is 0 Å². The molecule has 0 saturated heterocycles. The molecule has 0 aliphatic heterocycles. The molecular weight excluding hydrogens is 112 g/mol. The summed E-state index contributed by atoms with van der Waals surface area (Å²) >= 11 is 0. The predicted molar refractivity (Wildman–Crippen MR) is 24.7 cm³/mol. The van der Waals surface area contributed by atoms with E-state index in [4.69, 9.17) is 5.26 Å². The van der Waals surface area contributed by atoms with Crippen LogP contribution in [0.3, 0.4) is 0 Å². The normalized spacial score (nSPS) is 8.12. The number of nitrogens with zero attached hydrogens (tertiary/aromatic N) is 1. The van der Waals surface area contributed by atoms with Crippen molar-refractivity contribution < 1.29 is 14.9 Å². The molecule has 0 rings (SSSR count). The van der Waals surface area contributed by atoms with Crippen LogP contribution in [-0.4, -0.2) is 24.7 Å². The Balaban J connectivity index is 2.82. The molecular formula is C3H6N2O3. The van der Waals surface area contributed by atoms with E-state index in [2.05, 4.69) is 15.2 Å². The molecule has 2 N–H and O–H groups in total. The first-order valence-electron chi connectivity index (χ1n) is 1.92. The summed E-state index contributed by atoms with van der Waals surface area (Å²) in [5.41, 5.74) is 0. The monoisotopic (exact) mass is 118 g/mol. The molecule has 0 aromatic carbocycles. The van der Waals surface area contributed by atoms with Gasteiger partial charge in [0.15, 0.2) is 0 Å². The summed E-state index contributed by atoms with van der Waals surface area (Å²) in [7, 11) is 0. The minimum Gasteiger partial charge on any atom is -0.272 e. The smallest absolute Gasteiger partial charge is 0.236 e. The van der Waals surface area contributed by atoms with Crippen molar-refractivity contribution in [3.05, 3.63) is 0 Å². The van der Waals surface area contributed by atoms with Crippen molar-refractivity contribution in [3.8, 4) is 0 Å². The molecule has 5 nitrogen and oxygen atoms in total. The third-order valence-electron chi connectivity index (χ3n) is 0.422. The number of isocyanates is 1. The van der Waals surface area contributed by atoms with Crippen molar-refractivity contribution in [1.29, 1.82) is 0 Å². The maximum Gasteiger partial charge on any atom is 0.236 e. The van der Waals surface area contributed by atoms with Gasteiger partial charge in [-0.1, -0.05) is 0 Å². The summed E-state index contributed by atoms with van der Waals surface area (Å²) in [5, 5.41) is 10.1. The van der Waals surface area contributed by atoms with Crippen molar-refractivity contribution in [2.75, 3.05) is 13.4 Å². The highest BCUT2D eigenvalue weighted by molar-refractivity contribution is 5.32. The van der Waals surface area contributed by atoms with Gasteiger partial charge in [0.1, 0.15) is 13.4 Å². The fraction of sp³-hybridized carbons (Fsp3) is 0.667. The molecule has 8 heavy (non-hydrogen) atoms. The Morgan fingerprint density at radius 3 is 3.12 bits per heavy atom. The quantitative estimate of drug-likeness (QED) is 0.128. The van der Waals surface area contributed by atoms with E-state index in [-0.39, 0.29) is 13.4 Å². The fourth-order valence-electron chi connectivity index (χ4n) is 0.179. The van der Waals surface area contributed by atoms with Crippen LogP contribution in [0.5, 0.6) is 0 Å². The Morgan fingerprint density at radius 1 is 1.88 bits per heavy atom. The van der Waals surface area contributed by atoms with Crippen LogP contribution in [0.2, 0.25) is 0 Å². The summed E-state index contributed by atoms with van der Waals surface area (Å²) in [6.07, 6.45) is 1.30. The van der Waals surface area contributed by atoms with E-state index in [1.807, 2.05) is 0 Å². The Hall–Kier alpha value is -0.740. The number of rotatable bonds is 4. The first-order valence-corrected chi connectivity index (χ1v) is 1.92. The van der Waals surface area contributed by atoms with Gasteiger partial charge in [-0.3, -0.25) is 10.6 Å². The van der Waals surface area contributed by atoms with Gasteiger partial charge < -0.3 is 0 Å². The van der Waals surface area contributed by atoms with Gasteiger partial charge in [-0.2, -0.15) is 4.99 Å². The van der Waals surface area contributed by atoms with Gasteiger partial charge in [0, 0.05) is 0 Å². The number of carbonyl (C=O) groups excluding carboxylic acids is 1. The minimum absolute atomic E-state index is 0.0365. The summed E-state index contributed by atoms with van der Waals surface area (Å²) in [6.45, 7) is 0.0786. The minimum atomic E-state index is -0.0365. The van der Waals surface area contributed by atoms with Crippen LogP contribution in [-0.2, 0) is 9.68 Å². The van der Waals surface area contributed by atoms with E-state index >= 15 is 0 Å². The van der Waals surface area contributed by atoms with Gasteiger partial charge in [-0.05, 0) is 0 Å². The van der Waals surface area contributed by atoms with Crippen LogP contribution in [0.15, 0.2) is 4.99 Å². The molecule has 0 fully saturated rings. The number of hydrogen-bond donors (Lipinski definition) is 2. The van der Waals surface area contributed by atoms with Crippen molar-refractivity contribution in [3.63, 3.8) is 0 Å². The highest BCUT2D eigenvalue weighted by atomic mass is 17.1. The molecule has 0 saturated carbocycles. The molecule has 0 amide bonds. The molecule has 0 spiro atoms. The zero-order valence-corrected chi connectivity index (χ0v) is 4.13. The molecule has 0 aromatic rings. The van der Waals surface area contributed by atoms with E-state index in [1.165, 1.54) is 6.08 Å². The van der Waals surface area contributed by atoms with Crippen molar-refractivity contribution in [2.24, 2.45) is 4.99 Å². The maximum absolute atomic E-state index is 9.33. The zero-order valence-electron chi connectivity index (χ0n) is 4.13. The number of hydrogen-bond acceptors (Lipinski definition) is 5.